The SMILES string of the molecule is COCCc1nc(CNC(=O)N(C)Cc2cc3cc(F)ccc3[nH]2)no1. The van der Waals surface area contributed by atoms with E-state index in [1.165, 1.54) is 17.0 Å². The molecule has 26 heavy (non-hydrogen) atoms. The van der Waals surface area contributed by atoms with Gasteiger partial charge in [0.15, 0.2) is 5.82 Å². The van der Waals surface area contributed by atoms with Crippen LogP contribution in [0.5, 0.6) is 0 Å². The minimum Gasteiger partial charge on any atom is -0.384 e. The second kappa shape index (κ2) is 7.96. The molecular weight excluding hydrogens is 341 g/mol. The quantitative estimate of drug-likeness (QED) is 0.673. The highest BCUT2D eigenvalue weighted by molar-refractivity contribution is 5.80. The zero-order chi connectivity index (χ0) is 18.5. The third-order valence-electron chi connectivity index (χ3n) is 3.82. The number of nitrogens with zero attached hydrogens (tertiary/aromatic N) is 3. The van der Waals surface area contributed by atoms with Gasteiger partial charge >= 0.3 is 6.03 Å². The number of urea groups is 1. The van der Waals surface area contributed by atoms with Crippen LogP contribution in [0.25, 0.3) is 10.9 Å². The van der Waals surface area contributed by atoms with Crippen LogP contribution in [0.3, 0.4) is 0 Å². The summed E-state index contributed by atoms with van der Waals surface area (Å²) >= 11 is 0. The highest BCUT2D eigenvalue weighted by atomic mass is 19.1. The monoisotopic (exact) mass is 361 g/mol. The molecule has 0 unspecified atom stereocenters. The van der Waals surface area contributed by atoms with Crippen LogP contribution in [0.1, 0.15) is 17.4 Å². The van der Waals surface area contributed by atoms with E-state index in [1.807, 2.05) is 6.07 Å². The number of H-pyrrole nitrogens is 1. The predicted octanol–water partition coefficient (Wildman–Crippen LogP) is 2.22. The zero-order valence-corrected chi connectivity index (χ0v) is 14.6. The van der Waals surface area contributed by atoms with Gasteiger partial charge < -0.3 is 24.5 Å². The van der Waals surface area contributed by atoms with Crippen molar-refractivity contribution in [2.24, 2.45) is 0 Å². The molecule has 0 radical (unpaired) electrons. The van der Waals surface area contributed by atoms with Crippen molar-refractivity contribution >= 4 is 16.9 Å². The van der Waals surface area contributed by atoms with Crippen molar-refractivity contribution in [1.29, 1.82) is 0 Å². The van der Waals surface area contributed by atoms with E-state index < -0.39 is 0 Å². The lowest BCUT2D eigenvalue weighted by Crippen LogP contribution is -2.36. The van der Waals surface area contributed by atoms with Gasteiger partial charge in [0.05, 0.1) is 26.1 Å². The maximum absolute atomic E-state index is 13.3. The van der Waals surface area contributed by atoms with Crippen molar-refractivity contribution in [3.05, 3.63) is 47.5 Å². The molecule has 0 aliphatic heterocycles. The summed E-state index contributed by atoms with van der Waals surface area (Å²) in [6.07, 6.45) is 0.526. The van der Waals surface area contributed by atoms with Crippen molar-refractivity contribution in [3.63, 3.8) is 0 Å². The molecule has 0 saturated heterocycles. The number of benzene rings is 1. The molecule has 1 aromatic carbocycles. The van der Waals surface area contributed by atoms with Crippen molar-refractivity contribution in [2.75, 3.05) is 20.8 Å². The number of rotatable bonds is 7. The Morgan fingerprint density at radius 2 is 2.27 bits per heavy atom. The Labute approximate surface area is 149 Å². The molecule has 0 atom stereocenters. The summed E-state index contributed by atoms with van der Waals surface area (Å²) < 4.78 is 23.3. The first kappa shape index (κ1) is 17.9. The lowest BCUT2D eigenvalue weighted by Gasteiger charge is -2.16. The number of fused-ring (bicyclic) bond motifs is 1. The maximum Gasteiger partial charge on any atom is 0.317 e. The largest absolute Gasteiger partial charge is 0.384 e. The molecule has 2 N–H and O–H groups in total. The van der Waals surface area contributed by atoms with Gasteiger partial charge in [-0.2, -0.15) is 4.98 Å². The van der Waals surface area contributed by atoms with Crippen molar-refractivity contribution in [3.8, 4) is 0 Å². The van der Waals surface area contributed by atoms with Gasteiger partial charge in [-0.15, -0.1) is 0 Å². The van der Waals surface area contributed by atoms with E-state index in [2.05, 4.69) is 20.4 Å². The molecule has 138 valence electrons. The van der Waals surface area contributed by atoms with Crippen LogP contribution in [-0.2, 0) is 24.2 Å². The number of hydrogen-bond donors (Lipinski definition) is 2. The van der Waals surface area contributed by atoms with E-state index in [9.17, 15) is 9.18 Å². The molecule has 2 aromatic heterocycles. The van der Waals surface area contributed by atoms with Crippen LogP contribution in [0, 0.1) is 5.82 Å². The minimum absolute atomic E-state index is 0.164. The third-order valence-corrected chi connectivity index (χ3v) is 3.82. The number of methoxy groups -OCH3 is 1. The van der Waals surface area contributed by atoms with Gasteiger partial charge in [-0.3, -0.25) is 0 Å². The summed E-state index contributed by atoms with van der Waals surface area (Å²) in [6.45, 7) is 1.01. The van der Waals surface area contributed by atoms with Gasteiger partial charge in [-0.05, 0) is 24.3 Å². The van der Waals surface area contributed by atoms with Gasteiger partial charge in [0.2, 0.25) is 5.89 Å². The Bertz CT molecular complexity index is 892. The number of amides is 2. The van der Waals surface area contributed by atoms with E-state index in [0.29, 0.717) is 31.3 Å². The third kappa shape index (κ3) is 4.37. The molecule has 0 spiro atoms. The topological polar surface area (TPSA) is 96.3 Å². The van der Waals surface area contributed by atoms with Gasteiger partial charge in [0.1, 0.15) is 5.82 Å². The second-order valence-electron chi connectivity index (χ2n) is 5.89. The molecule has 0 aliphatic rings. The molecule has 2 heterocycles. The first-order chi connectivity index (χ1) is 12.5. The Morgan fingerprint density at radius 1 is 1.42 bits per heavy atom. The fourth-order valence-corrected chi connectivity index (χ4v) is 2.52. The average Bonchev–Trinajstić information content (AvgIpc) is 3.23. The molecule has 2 amide bonds. The lowest BCUT2D eigenvalue weighted by atomic mass is 10.2. The van der Waals surface area contributed by atoms with Crippen LogP contribution < -0.4 is 5.32 Å². The van der Waals surface area contributed by atoms with Crippen LogP contribution in [0.4, 0.5) is 9.18 Å². The van der Waals surface area contributed by atoms with E-state index in [4.69, 9.17) is 9.26 Å². The summed E-state index contributed by atoms with van der Waals surface area (Å²) in [6, 6.07) is 6.06. The van der Waals surface area contributed by atoms with Gasteiger partial charge in [-0.25, -0.2) is 9.18 Å². The van der Waals surface area contributed by atoms with E-state index >= 15 is 0 Å². The number of nitrogens with one attached hydrogen (secondary N) is 2. The molecular formula is C17H20FN5O3. The summed E-state index contributed by atoms with van der Waals surface area (Å²) in [5.74, 6) is 0.577. The normalized spacial score (nSPS) is 11.0. The van der Waals surface area contributed by atoms with Crippen molar-refractivity contribution in [1.82, 2.24) is 25.3 Å². The number of aromatic nitrogens is 3. The van der Waals surface area contributed by atoms with Crippen molar-refractivity contribution in [2.45, 2.75) is 19.5 Å². The fourth-order valence-electron chi connectivity index (χ4n) is 2.52. The van der Waals surface area contributed by atoms with Crippen LogP contribution in [0.2, 0.25) is 0 Å². The summed E-state index contributed by atoms with van der Waals surface area (Å²) in [4.78, 5) is 21.0. The molecule has 8 nitrogen and oxygen atoms in total. The molecule has 9 heteroatoms. The number of carbonyl (C=O) groups excluding carboxylic acids is 1. The second-order valence-corrected chi connectivity index (χ2v) is 5.89. The summed E-state index contributed by atoms with van der Waals surface area (Å²) in [5, 5.41) is 7.30. The first-order valence-corrected chi connectivity index (χ1v) is 8.11. The Balaban J connectivity index is 1.53. The Morgan fingerprint density at radius 3 is 3.08 bits per heavy atom. The zero-order valence-electron chi connectivity index (χ0n) is 14.6. The van der Waals surface area contributed by atoms with Crippen LogP contribution in [0.15, 0.2) is 28.8 Å². The summed E-state index contributed by atoms with van der Waals surface area (Å²) in [5.41, 5.74) is 1.63. The average molecular weight is 361 g/mol. The molecule has 3 rings (SSSR count). The molecule has 0 aliphatic carbocycles. The molecule has 0 saturated carbocycles. The van der Waals surface area contributed by atoms with E-state index in [-0.39, 0.29) is 18.4 Å². The molecule has 3 aromatic rings. The first-order valence-electron chi connectivity index (χ1n) is 8.11. The van der Waals surface area contributed by atoms with Gasteiger partial charge in [-0.1, -0.05) is 5.16 Å². The Hall–Kier alpha value is -2.94. The molecule has 0 bridgehead atoms. The summed E-state index contributed by atoms with van der Waals surface area (Å²) in [7, 11) is 3.26. The maximum atomic E-state index is 13.3. The smallest absolute Gasteiger partial charge is 0.317 e. The van der Waals surface area contributed by atoms with Crippen LogP contribution >= 0.6 is 0 Å². The van der Waals surface area contributed by atoms with E-state index in [0.717, 1.165) is 16.6 Å². The van der Waals surface area contributed by atoms with Crippen LogP contribution in [-0.4, -0.2) is 46.8 Å². The Kier molecular flexibility index (Phi) is 5.47. The molecule has 0 fully saturated rings. The van der Waals surface area contributed by atoms with Gasteiger partial charge in [0.25, 0.3) is 0 Å². The number of ether oxygens (including phenoxy) is 1. The van der Waals surface area contributed by atoms with Gasteiger partial charge in [0, 0.05) is 30.8 Å². The standard InChI is InChI=1S/C17H20FN5O3/c1-23(10-13-8-11-7-12(18)3-4-14(11)20-13)17(24)19-9-15-21-16(26-22-15)5-6-25-2/h3-4,7-8,20H,5-6,9-10H2,1-2H3,(H,19,24). The van der Waals surface area contributed by atoms with Crippen molar-refractivity contribution < 1.29 is 18.4 Å². The highest BCUT2D eigenvalue weighted by Crippen LogP contribution is 2.17. The number of aromatic amines is 1. The number of carbonyl (C=O) groups is 1. The number of halogens is 1. The fraction of sp³-hybridized carbons (Fsp3) is 0.353. The van der Waals surface area contributed by atoms with E-state index in [1.54, 1.807) is 20.2 Å². The highest BCUT2D eigenvalue weighted by Gasteiger charge is 2.13. The number of hydrogen-bond acceptors (Lipinski definition) is 5. The minimum atomic E-state index is -0.292. The lowest BCUT2D eigenvalue weighted by molar-refractivity contribution is 0.192. The predicted molar refractivity (Wildman–Crippen MR) is 91.8 cm³/mol.